The Balaban J connectivity index is 1.56. The highest BCUT2D eigenvalue weighted by atomic mass is 32.2. The van der Waals surface area contributed by atoms with Crippen molar-refractivity contribution in [1.82, 2.24) is 9.62 Å². The molecule has 4 aliphatic rings. The number of likely N-dealkylation sites (N-methyl/N-ethyl adjacent to an activating group) is 1. The lowest BCUT2D eigenvalue weighted by atomic mass is 9.48. The van der Waals surface area contributed by atoms with Gasteiger partial charge in [0.1, 0.15) is 5.54 Å². The Morgan fingerprint density at radius 3 is 2.28 bits per heavy atom. The highest BCUT2D eigenvalue weighted by Crippen LogP contribution is 2.60. The molecule has 8 heteroatoms. The summed E-state index contributed by atoms with van der Waals surface area (Å²) < 4.78 is 28.2. The Kier molecular flexibility index (Phi) is 5.69. The maximum Gasteiger partial charge on any atom is 0.309 e. The smallest absolute Gasteiger partial charge is 0.309 e. The lowest BCUT2D eigenvalue weighted by Gasteiger charge is -2.58. The van der Waals surface area contributed by atoms with Crippen LogP contribution in [0.1, 0.15) is 58.4 Å². The molecule has 7 nitrogen and oxygen atoms in total. The van der Waals surface area contributed by atoms with Crippen LogP contribution in [-0.4, -0.2) is 47.8 Å². The van der Waals surface area contributed by atoms with Crippen LogP contribution in [0.5, 0.6) is 0 Å². The van der Waals surface area contributed by atoms with Gasteiger partial charge in [-0.25, -0.2) is 8.42 Å². The molecule has 4 fully saturated rings. The zero-order chi connectivity index (χ0) is 23.5. The molecule has 0 spiro atoms. The number of aryl methyl sites for hydroxylation is 1. The summed E-state index contributed by atoms with van der Waals surface area (Å²) >= 11 is 0. The second-order valence-electron chi connectivity index (χ2n) is 10.5. The van der Waals surface area contributed by atoms with E-state index in [4.69, 9.17) is 0 Å². The topological polar surface area (TPSA) is 104 Å². The van der Waals surface area contributed by atoms with Gasteiger partial charge >= 0.3 is 5.97 Å². The zero-order valence-corrected chi connectivity index (χ0v) is 20.1. The van der Waals surface area contributed by atoms with Crippen molar-refractivity contribution in [2.24, 2.45) is 23.2 Å². The second kappa shape index (κ2) is 7.83. The van der Waals surface area contributed by atoms with E-state index in [1.165, 1.54) is 4.31 Å². The van der Waals surface area contributed by atoms with E-state index in [1.54, 1.807) is 52.0 Å². The van der Waals surface area contributed by atoms with Gasteiger partial charge in [0.05, 0.1) is 10.3 Å². The molecule has 1 aromatic rings. The molecule has 1 aromatic carbocycles. The van der Waals surface area contributed by atoms with Crippen LogP contribution < -0.4 is 5.32 Å². The van der Waals surface area contributed by atoms with Crippen molar-refractivity contribution in [3.05, 3.63) is 29.8 Å². The third-order valence-electron chi connectivity index (χ3n) is 8.15. The van der Waals surface area contributed by atoms with Crippen LogP contribution in [0.3, 0.4) is 0 Å². The molecule has 4 saturated carbocycles. The first-order chi connectivity index (χ1) is 14.9. The van der Waals surface area contributed by atoms with E-state index in [0.29, 0.717) is 24.3 Å². The number of carboxylic acids is 1. The molecule has 0 heterocycles. The number of sulfonamides is 1. The third-order valence-corrected chi connectivity index (χ3v) is 10.5. The van der Waals surface area contributed by atoms with Crippen LogP contribution in [0, 0.1) is 30.1 Å². The number of amides is 1. The maximum absolute atomic E-state index is 13.5. The predicted octanol–water partition coefficient (Wildman–Crippen LogP) is 3.18. The van der Waals surface area contributed by atoms with Gasteiger partial charge < -0.3 is 10.4 Å². The first-order valence-electron chi connectivity index (χ1n) is 11.5. The monoisotopic (exact) mass is 462 g/mol. The van der Waals surface area contributed by atoms with Crippen molar-refractivity contribution >= 4 is 21.9 Å². The van der Waals surface area contributed by atoms with Crippen LogP contribution in [0.25, 0.3) is 0 Å². The number of rotatable bonds is 7. The molecular formula is C24H34N2O5S. The van der Waals surface area contributed by atoms with Crippen molar-refractivity contribution in [2.75, 3.05) is 6.54 Å². The summed E-state index contributed by atoms with van der Waals surface area (Å²) in [6.07, 6.45) is 3.82. The summed E-state index contributed by atoms with van der Waals surface area (Å²) in [5.74, 6) is -0.333. The summed E-state index contributed by atoms with van der Waals surface area (Å²) in [6, 6.07) is 6.71. The van der Waals surface area contributed by atoms with Gasteiger partial charge in [0.25, 0.3) is 0 Å². The minimum atomic E-state index is -3.87. The van der Waals surface area contributed by atoms with Crippen LogP contribution >= 0.6 is 0 Å². The molecule has 176 valence electrons. The number of carboxylic acid groups (broad SMARTS) is 1. The Bertz CT molecular complexity index is 1020. The van der Waals surface area contributed by atoms with Crippen LogP contribution in [0.15, 0.2) is 29.2 Å². The van der Waals surface area contributed by atoms with E-state index < -0.39 is 26.9 Å². The number of aliphatic carboxylic acids is 1. The van der Waals surface area contributed by atoms with E-state index in [0.717, 1.165) is 19.3 Å². The van der Waals surface area contributed by atoms with E-state index in [-0.39, 0.29) is 35.2 Å². The number of carbonyl (C=O) groups excluding carboxylic acids is 1. The number of hydrogen-bond donors (Lipinski definition) is 2. The van der Waals surface area contributed by atoms with E-state index >= 15 is 0 Å². The summed E-state index contributed by atoms with van der Waals surface area (Å²) in [5.41, 5.74) is -1.28. The molecule has 32 heavy (non-hydrogen) atoms. The normalized spacial score (nSPS) is 31.7. The molecule has 2 atom stereocenters. The molecule has 4 aliphatic carbocycles. The van der Waals surface area contributed by atoms with Crippen LogP contribution in [0.2, 0.25) is 0 Å². The van der Waals surface area contributed by atoms with Crippen molar-refractivity contribution in [2.45, 2.75) is 76.3 Å². The maximum atomic E-state index is 13.5. The standard InChI is InChI=1S/C24H34N2O5S/c1-5-26(32(30,31)19-9-7-6-8-15(19)2)23(3,4)21(27)25-20-17-10-16-11-18(20)14-24(12-16,13-17)22(28)29/h6-9,16-18,20H,5,10-14H2,1-4H3,(H,25,27)(H,28,29). The number of carbonyl (C=O) groups is 2. The highest BCUT2D eigenvalue weighted by molar-refractivity contribution is 7.89. The van der Waals surface area contributed by atoms with Gasteiger partial charge in [-0.1, -0.05) is 25.1 Å². The zero-order valence-electron chi connectivity index (χ0n) is 19.3. The molecule has 1 amide bonds. The summed E-state index contributed by atoms with van der Waals surface area (Å²) in [7, 11) is -3.87. The van der Waals surface area contributed by atoms with Gasteiger partial charge in [-0.3, -0.25) is 9.59 Å². The first-order valence-corrected chi connectivity index (χ1v) is 13.0. The van der Waals surface area contributed by atoms with Gasteiger partial charge in [0.2, 0.25) is 15.9 Å². The van der Waals surface area contributed by atoms with Gasteiger partial charge in [0.15, 0.2) is 0 Å². The fraction of sp³-hybridized carbons (Fsp3) is 0.667. The van der Waals surface area contributed by atoms with Crippen molar-refractivity contribution < 1.29 is 23.1 Å². The molecule has 4 bridgehead atoms. The fourth-order valence-electron chi connectivity index (χ4n) is 6.79. The van der Waals surface area contributed by atoms with E-state index in [1.807, 2.05) is 0 Å². The van der Waals surface area contributed by atoms with Crippen molar-refractivity contribution in [3.8, 4) is 0 Å². The predicted molar refractivity (Wildman–Crippen MR) is 120 cm³/mol. The van der Waals surface area contributed by atoms with Gasteiger partial charge in [0, 0.05) is 12.6 Å². The number of hydrogen-bond acceptors (Lipinski definition) is 4. The van der Waals surface area contributed by atoms with Crippen molar-refractivity contribution in [1.29, 1.82) is 0 Å². The van der Waals surface area contributed by atoms with E-state index in [9.17, 15) is 23.1 Å². The fourth-order valence-corrected chi connectivity index (χ4v) is 8.78. The number of benzene rings is 1. The number of nitrogens with one attached hydrogen (secondary N) is 1. The molecule has 0 saturated heterocycles. The summed E-state index contributed by atoms with van der Waals surface area (Å²) in [6.45, 7) is 6.96. The molecule has 0 aliphatic heterocycles. The van der Waals surface area contributed by atoms with E-state index in [2.05, 4.69) is 5.32 Å². The minimum absolute atomic E-state index is 0.0920. The van der Waals surface area contributed by atoms with Crippen molar-refractivity contribution in [3.63, 3.8) is 0 Å². The Morgan fingerprint density at radius 1 is 1.16 bits per heavy atom. The largest absolute Gasteiger partial charge is 0.481 e. The third kappa shape index (κ3) is 3.55. The molecule has 0 aromatic heterocycles. The summed E-state index contributed by atoms with van der Waals surface area (Å²) in [5, 5.41) is 13.0. The minimum Gasteiger partial charge on any atom is -0.481 e. The second-order valence-corrected chi connectivity index (χ2v) is 12.4. The van der Waals surface area contributed by atoms with Gasteiger partial charge in [-0.05, 0) is 82.3 Å². The van der Waals surface area contributed by atoms with Crippen LogP contribution in [0.4, 0.5) is 0 Å². The molecular weight excluding hydrogens is 428 g/mol. The quantitative estimate of drug-likeness (QED) is 0.648. The molecule has 2 unspecified atom stereocenters. The number of nitrogens with zero attached hydrogens (tertiary/aromatic N) is 1. The lowest BCUT2D eigenvalue weighted by molar-refractivity contribution is -0.168. The van der Waals surface area contributed by atoms with Gasteiger partial charge in [-0.2, -0.15) is 4.31 Å². The highest BCUT2D eigenvalue weighted by Gasteiger charge is 2.59. The van der Waals surface area contributed by atoms with Gasteiger partial charge in [-0.15, -0.1) is 0 Å². The Labute approximate surface area is 190 Å². The lowest BCUT2D eigenvalue weighted by Crippen LogP contribution is -2.65. The molecule has 5 rings (SSSR count). The molecule has 2 N–H and O–H groups in total. The molecule has 0 radical (unpaired) electrons. The average molecular weight is 463 g/mol. The van der Waals surface area contributed by atoms with Crippen LogP contribution in [-0.2, 0) is 19.6 Å². The Morgan fingerprint density at radius 2 is 1.75 bits per heavy atom. The summed E-state index contributed by atoms with van der Waals surface area (Å²) in [4.78, 5) is 25.7. The first kappa shape index (κ1) is 23.2. The Hall–Kier alpha value is -1.93. The average Bonchev–Trinajstić information content (AvgIpc) is 2.70. The SMILES string of the molecule is CCN(C(C)(C)C(=O)NC1C2CC3CC1CC(C(=O)O)(C3)C2)S(=O)(=O)c1ccccc1C.